The number of aromatic hydroxyl groups is 1. The van der Waals surface area contributed by atoms with Crippen molar-refractivity contribution in [1.82, 2.24) is 9.78 Å². The highest BCUT2D eigenvalue weighted by Crippen LogP contribution is 2.23. The number of anilines is 1. The van der Waals surface area contributed by atoms with Crippen LogP contribution in [0.1, 0.15) is 28.7 Å². The van der Waals surface area contributed by atoms with E-state index in [1.807, 2.05) is 6.92 Å². The van der Waals surface area contributed by atoms with Gasteiger partial charge in [0.2, 0.25) is 0 Å². The molecule has 1 atom stereocenters. The molecule has 24 heavy (non-hydrogen) atoms. The molecule has 8 heteroatoms. The number of esters is 1. The molecule has 1 heterocycles. The van der Waals surface area contributed by atoms with Crippen LogP contribution in [0.4, 0.5) is 5.69 Å². The van der Waals surface area contributed by atoms with E-state index in [9.17, 15) is 14.7 Å². The van der Waals surface area contributed by atoms with Crippen LogP contribution in [0.25, 0.3) is 0 Å². The summed E-state index contributed by atoms with van der Waals surface area (Å²) in [4.78, 5) is 24.3. The first kappa shape index (κ1) is 17.8. The maximum atomic E-state index is 12.2. The first-order valence-corrected chi connectivity index (χ1v) is 7.59. The fourth-order valence-electron chi connectivity index (χ4n) is 2.13. The highest BCUT2D eigenvalue weighted by Gasteiger charge is 2.23. The molecule has 1 aromatic carbocycles. The molecule has 0 aliphatic heterocycles. The Morgan fingerprint density at radius 1 is 1.38 bits per heavy atom. The van der Waals surface area contributed by atoms with Gasteiger partial charge in [-0.2, -0.15) is 5.10 Å². The molecule has 2 N–H and O–H groups in total. The topological polar surface area (TPSA) is 93.5 Å². The number of hydrogen-bond donors (Lipinski definition) is 2. The van der Waals surface area contributed by atoms with Gasteiger partial charge in [0.25, 0.3) is 5.91 Å². The van der Waals surface area contributed by atoms with Crippen LogP contribution >= 0.6 is 11.6 Å². The summed E-state index contributed by atoms with van der Waals surface area (Å²) in [6, 6.07) is 4.01. The van der Waals surface area contributed by atoms with Gasteiger partial charge in [-0.3, -0.25) is 9.48 Å². The number of aryl methyl sites for hydroxylation is 2. The van der Waals surface area contributed by atoms with Gasteiger partial charge in [0, 0.05) is 12.1 Å². The zero-order valence-corrected chi connectivity index (χ0v) is 14.5. The van der Waals surface area contributed by atoms with Crippen molar-refractivity contribution in [3.05, 3.63) is 40.2 Å². The molecule has 1 aromatic heterocycles. The Hall–Kier alpha value is -2.54. The molecule has 1 unspecified atom stereocenters. The van der Waals surface area contributed by atoms with Crippen LogP contribution in [0.2, 0.25) is 5.02 Å². The molecule has 0 bridgehead atoms. The molecule has 0 aliphatic carbocycles. The van der Waals surface area contributed by atoms with E-state index in [-0.39, 0.29) is 16.3 Å². The predicted molar refractivity (Wildman–Crippen MR) is 89.3 cm³/mol. The maximum absolute atomic E-state index is 12.2. The number of hydrogen-bond acceptors (Lipinski definition) is 5. The molecule has 7 nitrogen and oxygen atoms in total. The first-order valence-electron chi connectivity index (χ1n) is 7.21. The number of carbonyl (C=O) groups is 2. The average molecular weight is 352 g/mol. The van der Waals surface area contributed by atoms with Crippen LogP contribution in [0.15, 0.2) is 18.2 Å². The SMILES string of the molecule is Cc1nn(C)c(C)c1NC(=O)C(C)OC(=O)c1ccc(Cl)cc1O. The van der Waals surface area contributed by atoms with Gasteiger partial charge < -0.3 is 15.2 Å². The Bertz CT molecular complexity index is 801. The Balaban J connectivity index is 2.07. The number of nitrogens with one attached hydrogen (secondary N) is 1. The number of nitrogens with zero attached hydrogens (tertiary/aromatic N) is 2. The second kappa shape index (κ2) is 6.92. The van der Waals surface area contributed by atoms with Crippen LogP contribution in [-0.4, -0.2) is 32.9 Å². The van der Waals surface area contributed by atoms with E-state index < -0.39 is 18.0 Å². The Morgan fingerprint density at radius 2 is 2.04 bits per heavy atom. The lowest BCUT2D eigenvalue weighted by atomic mass is 10.2. The third kappa shape index (κ3) is 3.68. The molecular weight excluding hydrogens is 334 g/mol. The van der Waals surface area contributed by atoms with Crippen molar-refractivity contribution in [3.63, 3.8) is 0 Å². The van der Waals surface area contributed by atoms with Crippen LogP contribution in [0.5, 0.6) is 5.75 Å². The monoisotopic (exact) mass is 351 g/mol. The Morgan fingerprint density at radius 3 is 2.58 bits per heavy atom. The summed E-state index contributed by atoms with van der Waals surface area (Å²) in [7, 11) is 1.77. The van der Waals surface area contributed by atoms with E-state index in [4.69, 9.17) is 16.3 Å². The second-order valence-corrected chi connectivity index (χ2v) is 5.80. The summed E-state index contributed by atoms with van der Waals surface area (Å²) in [5.41, 5.74) is 1.97. The number of rotatable bonds is 4. The van der Waals surface area contributed by atoms with E-state index in [2.05, 4.69) is 10.4 Å². The highest BCUT2D eigenvalue weighted by atomic mass is 35.5. The largest absolute Gasteiger partial charge is 0.507 e. The van der Waals surface area contributed by atoms with Crippen molar-refractivity contribution in [2.24, 2.45) is 7.05 Å². The first-order chi connectivity index (χ1) is 11.2. The lowest BCUT2D eigenvalue weighted by molar-refractivity contribution is -0.123. The standard InChI is InChI=1S/C16H18ClN3O4/c1-8-14(9(2)20(4)19-8)18-15(22)10(3)24-16(23)12-6-5-11(17)7-13(12)21/h5-7,10,21H,1-4H3,(H,18,22). The van der Waals surface area contributed by atoms with Crippen LogP contribution < -0.4 is 5.32 Å². The number of amides is 1. The summed E-state index contributed by atoms with van der Waals surface area (Å²) >= 11 is 5.72. The van der Waals surface area contributed by atoms with Crippen LogP contribution in [0.3, 0.4) is 0 Å². The Labute approximate surface area is 144 Å². The lowest BCUT2D eigenvalue weighted by Gasteiger charge is -2.14. The van der Waals surface area contributed by atoms with E-state index in [1.165, 1.54) is 25.1 Å². The van der Waals surface area contributed by atoms with Gasteiger partial charge in [-0.15, -0.1) is 0 Å². The molecule has 2 aromatic rings. The third-order valence-corrected chi connectivity index (χ3v) is 3.83. The van der Waals surface area contributed by atoms with Gasteiger partial charge in [0.15, 0.2) is 6.10 Å². The molecule has 128 valence electrons. The van der Waals surface area contributed by atoms with Crippen molar-refractivity contribution in [2.45, 2.75) is 26.9 Å². The fourth-order valence-corrected chi connectivity index (χ4v) is 2.30. The van der Waals surface area contributed by atoms with Gasteiger partial charge in [-0.25, -0.2) is 4.79 Å². The number of ether oxygens (including phenoxy) is 1. The number of phenols is 1. The summed E-state index contributed by atoms with van der Waals surface area (Å²) in [5.74, 6) is -1.61. The van der Waals surface area contributed by atoms with Gasteiger partial charge >= 0.3 is 5.97 Å². The minimum atomic E-state index is -1.05. The van der Waals surface area contributed by atoms with E-state index >= 15 is 0 Å². The van der Waals surface area contributed by atoms with Crippen molar-refractivity contribution in [2.75, 3.05) is 5.32 Å². The average Bonchev–Trinajstić information content (AvgIpc) is 2.73. The number of aromatic nitrogens is 2. The summed E-state index contributed by atoms with van der Waals surface area (Å²) < 4.78 is 6.74. The van der Waals surface area contributed by atoms with E-state index in [0.29, 0.717) is 11.4 Å². The normalized spacial score (nSPS) is 11.9. The van der Waals surface area contributed by atoms with E-state index in [0.717, 1.165) is 5.69 Å². The number of carbonyl (C=O) groups excluding carboxylic acids is 2. The fraction of sp³-hybridized carbons (Fsp3) is 0.312. The molecule has 0 aliphatic rings. The number of phenolic OH excluding ortho intramolecular Hbond substituents is 1. The zero-order valence-electron chi connectivity index (χ0n) is 13.8. The Kier molecular flexibility index (Phi) is 5.14. The van der Waals surface area contributed by atoms with Gasteiger partial charge in [-0.1, -0.05) is 11.6 Å². The van der Waals surface area contributed by atoms with Crippen LogP contribution in [0, 0.1) is 13.8 Å². The molecule has 0 saturated heterocycles. The number of halogens is 1. The van der Waals surface area contributed by atoms with Gasteiger partial charge in [0.05, 0.1) is 17.1 Å². The van der Waals surface area contributed by atoms with Crippen LogP contribution in [-0.2, 0) is 16.6 Å². The van der Waals surface area contributed by atoms with Gasteiger partial charge in [-0.05, 0) is 39.0 Å². The minimum Gasteiger partial charge on any atom is -0.507 e. The number of benzene rings is 1. The molecule has 0 spiro atoms. The van der Waals surface area contributed by atoms with Crippen molar-refractivity contribution < 1.29 is 19.4 Å². The van der Waals surface area contributed by atoms with Crippen molar-refractivity contribution >= 4 is 29.2 Å². The molecule has 2 rings (SSSR count). The molecule has 1 amide bonds. The summed E-state index contributed by atoms with van der Waals surface area (Å²) in [6.07, 6.45) is -1.05. The quantitative estimate of drug-likeness (QED) is 0.826. The predicted octanol–water partition coefficient (Wildman–Crippen LogP) is 2.58. The summed E-state index contributed by atoms with van der Waals surface area (Å²) in [5, 5.41) is 16.9. The molecule has 0 radical (unpaired) electrons. The summed E-state index contributed by atoms with van der Waals surface area (Å²) in [6.45, 7) is 5.03. The van der Waals surface area contributed by atoms with Gasteiger partial charge in [0.1, 0.15) is 11.3 Å². The smallest absolute Gasteiger partial charge is 0.342 e. The second-order valence-electron chi connectivity index (χ2n) is 5.37. The molecule has 0 saturated carbocycles. The highest BCUT2D eigenvalue weighted by molar-refractivity contribution is 6.30. The minimum absolute atomic E-state index is 0.0622. The third-order valence-electron chi connectivity index (χ3n) is 3.59. The maximum Gasteiger partial charge on any atom is 0.342 e. The lowest BCUT2D eigenvalue weighted by Crippen LogP contribution is -2.30. The zero-order chi connectivity index (χ0) is 18.0. The van der Waals surface area contributed by atoms with Crippen molar-refractivity contribution in [3.8, 4) is 5.75 Å². The van der Waals surface area contributed by atoms with E-state index in [1.54, 1.807) is 18.7 Å². The molecule has 0 fully saturated rings. The molecular formula is C16H18ClN3O4. The van der Waals surface area contributed by atoms with Crippen molar-refractivity contribution in [1.29, 1.82) is 0 Å².